The number of imide groups is 1. The number of carbonyl (C=O) groups excluding carboxylic acids is 3. The summed E-state index contributed by atoms with van der Waals surface area (Å²) in [5, 5.41) is 3.21. The minimum absolute atomic E-state index is 0.0574. The largest absolute Gasteiger partial charge is 0.334 e. The third kappa shape index (κ3) is 4.37. The first-order chi connectivity index (χ1) is 15.1. The predicted molar refractivity (Wildman–Crippen MR) is 120 cm³/mol. The van der Waals surface area contributed by atoms with Gasteiger partial charge in [0.2, 0.25) is 5.91 Å². The van der Waals surface area contributed by atoms with E-state index in [2.05, 4.69) is 5.32 Å². The predicted octanol–water partition coefficient (Wildman–Crippen LogP) is 2.46. The second kappa shape index (κ2) is 8.67. The molecule has 1 aliphatic carbocycles. The number of hydrogen-bond donors (Lipinski definition) is 1. The third-order valence-electron chi connectivity index (χ3n) is 6.85. The smallest absolute Gasteiger partial charge is 0.325 e. The van der Waals surface area contributed by atoms with Crippen LogP contribution in [0, 0.1) is 0 Å². The normalized spacial score (nSPS) is 28.1. The molecule has 0 aromatic heterocycles. The van der Waals surface area contributed by atoms with Crippen LogP contribution < -0.4 is 5.32 Å². The number of amides is 4. The molecule has 2 aliphatic heterocycles. The number of sulfone groups is 1. The average molecular weight is 482 g/mol. The minimum atomic E-state index is -3.18. The van der Waals surface area contributed by atoms with Crippen LogP contribution in [0.3, 0.4) is 0 Å². The van der Waals surface area contributed by atoms with Gasteiger partial charge in [-0.15, -0.1) is 0 Å². The van der Waals surface area contributed by atoms with E-state index in [4.69, 9.17) is 11.6 Å². The maximum absolute atomic E-state index is 13.4. The molecule has 1 N–H and O–H groups in total. The first-order valence-corrected chi connectivity index (χ1v) is 13.2. The van der Waals surface area contributed by atoms with Gasteiger partial charge < -0.3 is 10.2 Å². The molecule has 2 unspecified atom stereocenters. The van der Waals surface area contributed by atoms with Gasteiger partial charge in [0.05, 0.1) is 11.5 Å². The van der Waals surface area contributed by atoms with Gasteiger partial charge in [0.25, 0.3) is 5.91 Å². The van der Waals surface area contributed by atoms with Gasteiger partial charge in [-0.3, -0.25) is 14.5 Å². The van der Waals surface area contributed by atoms with Crippen LogP contribution in [0.5, 0.6) is 0 Å². The molecule has 174 valence electrons. The number of nitrogens with one attached hydrogen (secondary N) is 1. The Balaban J connectivity index is 1.55. The van der Waals surface area contributed by atoms with Crippen LogP contribution in [0.25, 0.3) is 0 Å². The number of halogens is 1. The number of urea groups is 1. The summed E-state index contributed by atoms with van der Waals surface area (Å²) in [5.74, 6) is -0.882. The van der Waals surface area contributed by atoms with E-state index < -0.39 is 39.9 Å². The highest BCUT2D eigenvalue weighted by molar-refractivity contribution is 7.91. The Labute approximate surface area is 193 Å². The number of nitrogens with zero attached hydrogens (tertiary/aromatic N) is 2. The summed E-state index contributed by atoms with van der Waals surface area (Å²) in [4.78, 5) is 42.0. The molecule has 2 heterocycles. The fourth-order valence-corrected chi connectivity index (χ4v) is 6.93. The Morgan fingerprint density at radius 3 is 2.38 bits per heavy atom. The summed E-state index contributed by atoms with van der Waals surface area (Å²) in [5.41, 5.74) is -0.727. The van der Waals surface area contributed by atoms with Crippen molar-refractivity contribution in [3.05, 3.63) is 34.9 Å². The van der Waals surface area contributed by atoms with Crippen molar-refractivity contribution in [3.8, 4) is 0 Å². The van der Waals surface area contributed by atoms with Crippen LogP contribution in [0.1, 0.15) is 51.0 Å². The molecule has 8 nitrogen and oxygen atoms in total. The number of hydrogen-bond acceptors (Lipinski definition) is 5. The van der Waals surface area contributed by atoms with E-state index in [9.17, 15) is 22.8 Å². The Hall–Kier alpha value is -2.13. The summed E-state index contributed by atoms with van der Waals surface area (Å²) < 4.78 is 24.2. The molecule has 3 aliphatic rings. The van der Waals surface area contributed by atoms with E-state index in [-0.39, 0.29) is 23.5 Å². The fourth-order valence-electron chi connectivity index (χ4n) is 5.10. The Morgan fingerprint density at radius 2 is 1.78 bits per heavy atom. The van der Waals surface area contributed by atoms with Crippen LogP contribution in [0.4, 0.5) is 4.79 Å². The molecule has 0 radical (unpaired) electrons. The highest BCUT2D eigenvalue weighted by Gasteiger charge is 2.50. The first-order valence-electron chi connectivity index (χ1n) is 11.0. The molecule has 0 bridgehead atoms. The average Bonchev–Trinajstić information content (AvgIpc) is 3.21. The van der Waals surface area contributed by atoms with E-state index in [1.165, 1.54) is 0 Å². The second-order valence-electron chi connectivity index (χ2n) is 9.10. The fraction of sp³-hybridized carbons (Fsp3) is 0.591. The lowest BCUT2D eigenvalue weighted by Gasteiger charge is -2.38. The van der Waals surface area contributed by atoms with Gasteiger partial charge in [0.15, 0.2) is 9.84 Å². The molecule has 32 heavy (non-hydrogen) atoms. The van der Waals surface area contributed by atoms with Crippen molar-refractivity contribution in [2.45, 2.75) is 63.1 Å². The molecular formula is C22H28ClN3O5S. The van der Waals surface area contributed by atoms with Gasteiger partial charge in [-0.1, -0.05) is 43.0 Å². The lowest BCUT2D eigenvalue weighted by molar-refractivity contribution is -0.142. The quantitative estimate of drug-likeness (QED) is 0.650. The van der Waals surface area contributed by atoms with Crippen LogP contribution >= 0.6 is 11.6 Å². The maximum Gasteiger partial charge on any atom is 0.325 e. The molecule has 2 atom stereocenters. The van der Waals surface area contributed by atoms with Crippen molar-refractivity contribution < 1.29 is 22.8 Å². The second-order valence-corrected chi connectivity index (χ2v) is 11.8. The van der Waals surface area contributed by atoms with Crippen molar-refractivity contribution in [1.29, 1.82) is 0 Å². The molecule has 3 fully saturated rings. The summed E-state index contributed by atoms with van der Waals surface area (Å²) in [6.07, 6.45) is 5.06. The molecule has 4 rings (SSSR count). The van der Waals surface area contributed by atoms with Crippen molar-refractivity contribution in [3.63, 3.8) is 0 Å². The standard InChI is InChI=1S/C22H28ClN3O5S/c1-22(15-7-9-16(23)10-8-15)20(28)25(21(29)24-22)13-19(27)26(17-5-3-2-4-6-17)18-11-12-32(30,31)14-18/h7-10,17-18H,2-6,11-14H2,1H3,(H,24,29). The zero-order chi connectivity index (χ0) is 23.1. The third-order valence-corrected chi connectivity index (χ3v) is 8.85. The summed E-state index contributed by atoms with van der Waals surface area (Å²) in [6, 6.07) is 5.52. The van der Waals surface area contributed by atoms with Crippen LogP contribution in [-0.4, -0.2) is 66.2 Å². The number of rotatable bonds is 5. The lowest BCUT2D eigenvalue weighted by atomic mass is 9.92. The molecule has 1 aromatic rings. The minimum Gasteiger partial charge on any atom is -0.334 e. The van der Waals surface area contributed by atoms with E-state index in [0.29, 0.717) is 17.0 Å². The van der Waals surface area contributed by atoms with Crippen LogP contribution in [-0.2, 0) is 25.0 Å². The molecule has 2 saturated heterocycles. The van der Waals surface area contributed by atoms with E-state index >= 15 is 0 Å². The van der Waals surface area contributed by atoms with E-state index in [1.54, 1.807) is 36.1 Å². The molecule has 0 spiro atoms. The molecule has 4 amide bonds. The Morgan fingerprint density at radius 1 is 1.12 bits per heavy atom. The van der Waals surface area contributed by atoms with Gasteiger partial charge in [0.1, 0.15) is 12.1 Å². The highest BCUT2D eigenvalue weighted by atomic mass is 35.5. The first kappa shape index (κ1) is 23.0. The van der Waals surface area contributed by atoms with Crippen molar-refractivity contribution >= 4 is 39.3 Å². The number of benzene rings is 1. The van der Waals surface area contributed by atoms with Crippen molar-refractivity contribution in [1.82, 2.24) is 15.1 Å². The Kier molecular flexibility index (Phi) is 6.24. The van der Waals surface area contributed by atoms with Crippen molar-refractivity contribution in [2.24, 2.45) is 0 Å². The van der Waals surface area contributed by atoms with Gasteiger partial charge in [-0.05, 0) is 43.9 Å². The summed E-state index contributed by atoms with van der Waals surface area (Å²) >= 11 is 5.94. The summed E-state index contributed by atoms with van der Waals surface area (Å²) in [7, 11) is -3.18. The zero-order valence-corrected chi connectivity index (χ0v) is 19.6. The van der Waals surface area contributed by atoms with Crippen LogP contribution in [0.2, 0.25) is 5.02 Å². The van der Waals surface area contributed by atoms with Crippen molar-refractivity contribution in [2.75, 3.05) is 18.1 Å². The number of carbonyl (C=O) groups is 3. The Bertz CT molecular complexity index is 1020. The van der Waals surface area contributed by atoms with Crippen LogP contribution in [0.15, 0.2) is 24.3 Å². The zero-order valence-electron chi connectivity index (χ0n) is 18.0. The highest BCUT2D eigenvalue weighted by Crippen LogP contribution is 2.32. The summed E-state index contributed by atoms with van der Waals surface area (Å²) in [6.45, 7) is 1.20. The molecule has 1 saturated carbocycles. The SMILES string of the molecule is CC1(c2ccc(Cl)cc2)NC(=O)N(CC(=O)N(C2CCCCC2)C2CCS(=O)(=O)C2)C1=O. The molecule has 1 aromatic carbocycles. The van der Waals surface area contributed by atoms with Gasteiger partial charge >= 0.3 is 6.03 Å². The molecular weight excluding hydrogens is 454 g/mol. The molecule has 10 heteroatoms. The van der Waals surface area contributed by atoms with E-state index in [0.717, 1.165) is 37.0 Å². The van der Waals surface area contributed by atoms with Gasteiger partial charge in [-0.2, -0.15) is 0 Å². The maximum atomic E-state index is 13.4. The topological polar surface area (TPSA) is 104 Å². The van der Waals surface area contributed by atoms with Gasteiger partial charge in [0, 0.05) is 17.1 Å². The monoisotopic (exact) mass is 481 g/mol. The lowest BCUT2D eigenvalue weighted by Crippen LogP contribution is -2.53. The van der Waals surface area contributed by atoms with Gasteiger partial charge in [-0.25, -0.2) is 13.2 Å². The van der Waals surface area contributed by atoms with E-state index in [1.807, 2.05) is 0 Å².